The van der Waals surface area contributed by atoms with Crippen molar-refractivity contribution in [3.63, 3.8) is 0 Å². The summed E-state index contributed by atoms with van der Waals surface area (Å²) in [6, 6.07) is -1.55. The van der Waals surface area contributed by atoms with Crippen LogP contribution in [-0.4, -0.2) is 53.5 Å². The smallest absolute Gasteiger partial charge is 0.475 e. The number of unbranched alkanes of at least 4 members (excludes halogenated alkanes) is 22. The van der Waals surface area contributed by atoms with Gasteiger partial charge in [-0.1, -0.05) is 160 Å². The zero-order valence-corrected chi connectivity index (χ0v) is 35.0. The molecule has 0 bridgehead atoms. The molecule has 0 amide bonds. The average molecular weight is 788 g/mol. The molecule has 0 rings (SSSR count). The number of carboxylic acids is 1. The number of hydrogen-bond acceptors (Lipinski definition) is 9. The molecular weight excluding hydrogens is 709 g/mol. The number of nitrogens with two attached hydrogens (primary N) is 1. The lowest BCUT2D eigenvalue weighted by Crippen LogP contribution is -2.34. The molecule has 1 unspecified atom stereocenters. The predicted molar refractivity (Wildman–Crippen MR) is 217 cm³/mol. The van der Waals surface area contributed by atoms with Gasteiger partial charge in [0.2, 0.25) is 6.29 Å². The summed E-state index contributed by atoms with van der Waals surface area (Å²) in [6.07, 6.45) is 37.4. The van der Waals surface area contributed by atoms with E-state index in [0.717, 1.165) is 64.2 Å². The molecule has 0 aliphatic carbocycles. The van der Waals surface area contributed by atoms with Gasteiger partial charge >= 0.3 is 25.7 Å². The van der Waals surface area contributed by atoms with E-state index in [9.17, 15) is 23.8 Å². The summed E-state index contributed by atoms with van der Waals surface area (Å²) < 4.78 is 32.8. The Hall–Kier alpha value is -2.04. The van der Waals surface area contributed by atoms with E-state index in [4.69, 9.17) is 29.4 Å². The molecule has 3 atom stereocenters. The molecular formula is C42H78NO10P. The number of carbonyl (C=O) groups is 3. The van der Waals surface area contributed by atoms with Crippen LogP contribution >= 0.6 is 7.82 Å². The lowest BCUT2D eigenvalue weighted by atomic mass is 10.0. The van der Waals surface area contributed by atoms with Crippen molar-refractivity contribution in [1.29, 1.82) is 0 Å². The number of phosphoric ester groups is 1. The third kappa shape index (κ3) is 36.9. The second-order valence-corrected chi connectivity index (χ2v) is 15.8. The summed E-state index contributed by atoms with van der Waals surface area (Å²) in [4.78, 5) is 45.9. The highest BCUT2D eigenvalue weighted by atomic mass is 31.2. The van der Waals surface area contributed by atoms with Gasteiger partial charge in [-0.2, -0.15) is 0 Å². The minimum absolute atomic E-state index is 0.0871. The highest BCUT2D eigenvalue weighted by molar-refractivity contribution is 7.47. The van der Waals surface area contributed by atoms with Crippen LogP contribution in [0, 0.1) is 0 Å². The van der Waals surface area contributed by atoms with E-state index in [0.29, 0.717) is 12.8 Å². The Bertz CT molecular complexity index is 1020. The first kappa shape index (κ1) is 52.0. The van der Waals surface area contributed by atoms with Gasteiger partial charge in [-0.25, -0.2) is 9.09 Å². The largest absolute Gasteiger partial charge is 0.480 e. The Morgan fingerprint density at radius 1 is 0.630 bits per heavy atom. The van der Waals surface area contributed by atoms with Gasteiger partial charge in [-0.15, -0.1) is 0 Å². The summed E-state index contributed by atoms with van der Waals surface area (Å²) >= 11 is 0. The quantitative estimate of drug-likeness (QED) is 0.0177. The molecule has 0 aromatic rings. The second kappa shape index (κ2) is 37.9. The van der Waals surface area contributed by atoms with Crippen molar-refractivity contribution >= 4 is 25.7 Å². The first-order valence-corrected chi connectivity index (χ1v) is 22.9. The summed E-state index contributed by atoms with van der Waals surface area (Å²) in [7, 11) is -4.84. The summed E-state index contributed by atoms with van der Waals surface area (Å²) in [6.45, 7) is 3.47. The molecule has 0 spiro atoms. The van der Waals surface area contributed by atoms with Crippen molar-refractivity contribution in [1.82, 2.24) is 0 Å². The SMILES string of the molecule is CCCCC/C=C\C/C=C\CCCCCCCC(=O)O[C@@H](CCOC(=O)CCCCCCCCCCCCCCCCC)OP(=O)(O)OC[C@H](N)C(=O)O. The average Bonchev–Trinajstić information content (AvgIpc) is 3.13. The second-order valence-electron chi connectivity index (χ2n) is 14.4. The number of rotatable bonds is 40. The van der Waals surface area contributed by atoms with Gasteiger partial charge in [0.1, 0.15) is 6.04 Å². The van der Waals surface area contributed by atoms with Crippen LogP contribution in [0.4, 0.5) is 0 Å². The van der Waals surface area contributed by atoms with Crippen LogP contribution in [0.5, 0.6) is 0 Å². The van der Waals surface area contributed by atoms with Crippen LogP contribution in [0.2, 0.25) is 0 Å². The maximum atomic E-state index is 12.6. The lowest BCUT2D eigenvalue weighted by Gasteiger charge is -2.21. The third-order valence-corrected chi connectivity index (χ3v) is 10.2. The third-order valence-electron chi connectivity index (χ3n) is 9.18. The Morgan fingerprint density at radius 2 is 1.06 bits per heavy atom. The molecule has 12 heteroatoms. The Balaban J connectivity index is 4.33. The van der Waals surface area contributed by atoms with Crippen LogP contribution < -0.4 is 5.73 Å². The maximum Gasteiger partial charge on any atom is 0.475 e. The molecule has 0 radical (unpaired) electrons. The number of aliphatic carboxylic acids is 1. The molecule has 4 N–H and O–H groups in total. The minimum Gasteiger partial charge on any atom is -0.480 e. The van der Waals surface area contributed by atoms with Gasteiger partial charge in [0.15, 0.2) is 0 Å². The molecule has 0 aliphatic heterocycles. The number of carbonyl (C=O) groups excluding carboxylic acids is 2. The topological polar surface area (TPSA) is 172 Å². The summed E-state index contributed by atoms with van der Waals surface area (Å²) in [5.41, 5.74) is 5.35. The zero-order chi connectivity index (χ0) is 40.0. The molecule has 0 aromatic heterocycles. The van der Waals surface area contributed by atoms with E-state index >= 15 is 0 Å². The van der Waals surface area contributed by atoms with E-state index in [-0.39, 0.29) is 25.9 Å². The zero-order valence-electron chi connectivity index (χ0n) is 34.1. The standard InChI is InChI=1S/C42H78NO10P/c1-3-5-7-9-11-13-15-17-19-21-23-25-27-29-31-33-39(44)50-36-35-41(53-54(48,49)51-37-38(43)42(46)47)52-40(45)34-32-30-28-26-24-22-20-18-16-14-12-10-8-6-4-2/h12,14,18,20,38,41H,3-11,13,15-17,19,21-37,43H2,1-2H3,(H,46,47)(H,48,49)/b14-12-,20-18-/t38-,41+/m0/s1. The molecule has 54 heavy (non-hydrogen) atoms. The molecule has 0 saturated heterocycles. The molecule has 11 nitrogen and oxygen atoms in total. The van der Waals surface area contributed by atoms with Crippen LogP contribution in [0.3, 0.4) is 0 Å². The van der Waals surface area contributed by atoms with Crippen LogP contribution in [-0.2, 0) is 37.5 Å². The first-order chi connectivity index (χ1) is 26.1. The number of allylic oxidation sites excluding steroid dienone is 4. The Morgan fingerprint density at radius 3 is 1.56 bits per heavy atom. The van der Waals surface area contributed by atoms with Crippen LogP contribution in [0.1, 0.15) is 200 Å². The Labute approximate surface area is 328 Å². The van der Waals surface area contributed by atoms with Crippen molar-refractivity contribution in [3.05, 3.63) is 24.3 Å². The molecule has 0 saturated carbocycles. The van der Waals surface area contributed by atoms with Gasteiger partial charge in [0, 0.05) is 19.3 Å². The van der Waals surface area contributed by atoms with Crippen molar-refractivity contribution in [2.24, 2.45) is 5.73 Å². The summed E-state index contributed by atoms with van der Waals surface area (Å²) in [5, 5.41) is 8.92. The number of phosphoric acid groups is 1. The molecule has 316 valence electrons. The fourth-order valence-electron chi connectivity index (χ4n) is 5.83. The molecule has 0 heterocycles. The van der Waals surface area contributed by atoms with Crippen LogP contribution in [0.25, 0.3) is 0 Å². The number of hydrogen-bond donors (Lipinski definition) is 3. The number of carboxylic acid groups (broad SMARTS) is 1. The normalized spacial score (nSPS) is 14.0. The fraction of sp³-hybridized carbons (Fsp3) is 0.833. The molecule has 0 aromatic carbocycles. The monoisotopic (exact) mass is 788 g/mol. The first-order valence-electron chi connectivity index (χ1n) is 21.4. The maximum absolute atomic E-state index is 12.6. The Kier molecular flexibility index (Phi) is 36.4. The highest BCUT2D eigenvalue weighted by Crippen LogP contribution is 2.45. The predicted octanol–water partition coefficient (Wildman–Crippen LogP) is 11.4. The van der Waals surface area contributed by atoms with Crippen LogP contribution in [0.15, 0.2) is 24.3 Å². The lowest BCUT2D eigenvalue weighted by molar-refractivity contribution is -0.169. The van der Waals surface area contributed by atoms with Gasteiger partial charge < -0.3 is 25.2 Å². The number of esters is 2. The van der Waals surface area contributed by atoms with Crippen molar-refractivity contribution in [3.8, 4) is 0 Å². The van der Waals surface area contributed by atoms with Crippen molar-refractivity contribution in [2.45, 2.75) is 212 Å². The van der Waals surface area contributed by atoms with E-state index in [1.165, 1.54) is 89.9 Å². The van der Waals surface area contributed by atoms with E-state index in [2.05, 4.69) is 38.2 Å². The van der Waals surface area contributed by atoms with E-state index in [1.807, 2.05) is 0 Å². The highest BCUT2D eigenvalue weighted by Gasteiger charge is 2.31. The van der Waals surface area contributed by atoms with Gasteiger partial charge in [-0.05, 0) is 44.9 Å². The van der Waals surface area contributed by atoms with Gasteiger partial charge in [0.05, 0.1) is 13.2 Å². The number of ether oxygens (including phenoxy) is 2. The summed E-state index contributed by atoms with van der Waals surface area (Å²) in [5.74, 6) is -2.45. The van der Waals surface area contributed by atoms with Gasteiger partial charge in [-0.3, -0.25) is 18.9 Å². The van der Waals surface area contributed by atoms with Gasteiger partial charge in [0.25, 0.3) is 0 Å². The fourth-order valence-corrected chi connectivity index (χ4v) is 6.68. The molecule has 0 fully saturated rings. The molecule has 0 aliphatic rings. The van der Waals surface area contributed by atoms with Crippen molar-refractivity contribution < 1.29 is 47.5 Å². The van der Waals surface area contributed by atoms with Crippen molar-refractivity contribution in [2.75, 3.05) is 13.2 Å². The minimum atomic E-state index is -4.84. The van der Waals surface area contributed by atoms with E-state index in [1.54, 1.807) is 0 Å². The van der Waals surface area contributed by atoms with E-state index < -0.39 is 44.7 Å².